The van der Waals surface area contributed by atoms with Gasteiger partial charge in [0.1, 0.15) is 0 Å². The number of amides is 1. The Labute approximate surface area is 158 Å². The van der Waals surface area contributed by atoms with Gasteiger partial charge in [-0.1, -0.05) is 44.4 Å². The van der Waals surface area contributed by atoms with Crippen molar-refractivity contribution in [2.75, 3.05) is 18.9 Å². The standard InChI is InChI=1S/C18H29N3O.2ClH/c1-14(12-19)18(22)20-17-11-7-6-8-15(17)13-21(2)16-9-4-3-5-10-16;;/h6-8,11,14,16H,3-5,9-10,12-13,19H2,1-2H3,(H,20,22);2*1H. The number of nitrogens with one attached hydrogen (secondary N) is 1. The number of anilines is 1. The second-order valence-electron chi connectivity index (χ2n) is 6.49. The summed E-state index contributed by atoms with van der Waals surface area (Å²) in [5, 5.41) is 3.02. The van der Waals surface area contributed by atoms with E-state index in [0.717, 1.165) is 12.2 Å². The lowest BCUT2D eigenvalue weighted by Gasteiger charge is -2.31. The van der Waals surface area contributed by atoms with Crippen molar-refractivity contribution in [3.8, 4) is 0 Å². The highest BCUT2D eigenvalue weighted by Gasteiger charge is 2.19. The van der Waals surface area contributed by atoms with E-state index in [4.69, 9.17) is 5.73 Å². The smallest absolute Gasteiger partial charge is 0.228 e. The van der Waals surface area contributed by atoms with Crippen LogP contribution in [0, 0.1) is 5.92 Å². The van der Waals surface area contributed by atoms with E-state index in [-0.39, 0.29) is 36.6 Å². The second kappa shape index (κ2) is 11.7. The Hall–Kier alpha value is -0.810. The summed E-state index contributed by atoms with van der Waals surface area (Å²) in [7, 11) is 2.19. The first-order valence-corrected chi connectivity index (χ1v) is 8.41. The van der Waals surface area contributed by atoms with Gasteiger partial charge in [-0.05, 0) is 31.5 Å². The van der Waals surface area contributed by atoms with Gasteiger partial charge in [-0.25, -0.2) is 0 Å². The Bertz CT molecular complexity index is 493. The summed E-state index contributed by atoms with van der Waals surface area (Å²) in [6.45, 7) is 3.10. The minimum absolute atomic E-state index is 0. The topological polar surface area (TPSA) is 58.4 Å². The van der Waals surface area contributed by atoms with Crippen LogP contribution < -0.4 is 11.1 Å². The third-order valence-electron chi connectivity index (χ3n) is 4.69. The van der Waals surface area contributed by atoms with Crippen molar-refractivity contribution < 1.29 is 4.79 Å². The van der Waals surface area contributed by atoms with Gasteiger partial charge in [0.05, 0.1) is 0 Å². The Morgan fingerprint density at radius 3 is 2.50 bits per heavy atom. The number of carbonyl (C=O) groups excluding carboxylic acids is 1. The number of nitrogens with two attached hydrogens (primary N) is 1. The molecule has 6 heteroatoms. The molecule has 1 aromatic rings. The molecule has 1 atom stereocenters. The van der Waals surface area contributed by atoms with E-state index in [2.05, 4.69) is 23.3 Å². The summed E-state index contributed by atoms with van der Waals surface area (Å²) >= 11 is 0. The highest BCUT2D eigenvalue weighted by molar-refractivity contribution is 5.93. The lowest BCUT2D eigenvalue weighted by Crippen LogP contribution is -2.33. The molecule has 0 aromatic heterocycles. The molecule has 1 aliphatic carbocycles. The number of nitrogens with zero attached hydrogens (tertiary/aromatic N) is 1. The molecule has 0 spiro atoms. The summed E-state index contributed by atoms with van der Waals surface area (Å²) < 4.78 is 0. The van der Waals surface area contributed by atoms with Crippen LogP contribution in [0.4, 0.5) is 5.69 Å². The monoisotopic (exact) mass is 375 g/mol. The van der Waals surface area contributed by atoms with Crippen LogP contribution in [0.5, 0.6) is 0 Å². The van der Waals surface area contributed by atoms with Crippen LogP contribution in [0.25, 0.3) is 0 Å². The van der Waals surface area contributed by atoms with Crippen LogP contribution in [0.2, 0.25) is 0 Å². The van der Waals surface area contributed by atoms with E-state index in [1.807, 2.05) is 25.1 Å². The van der Waals surface area contributed by atoms with Crippen molar-refractivity contribution in [3.05, 3.63) is 29.8 Å². The first-order valence-electron chi connectivity index (χ1n) is 8.41. The molecule has 0 heterocycles. The largest absolute Gasteiger partial charge is 0.330 e. The lowest BCUT2D eigenvalue weighted by molar-refractivity contribution is -0.119. The molecule has 2 rings (SSSR count). The van der Waals surface area contributed by atoms with E-state index in [1.54, 1.807) is 0 Å². The lowest BCUT2D eigenvalue weighted by atomic mass is 9.94. The van der Waals surface area contributed by atoms with E-state index < -0.39 is 0 Å². The summed E-state index contributed by atoms with van der Waals surface area (Å²) in [5.74, 6) is -0.167. The van der Waals surface area contributed by atoms with Crippen molar-refractivity contribution in [3.63, 3.8) is 0 Å². The molecule has 24 heavy (non-hydrogen) atoms. The Balaban J connectivity index is 0.00000264. The zero-order valence-corrected chi connectivity index (χ0v) is 16.3. The van der Waals surface area contributed by atoms with Gasteiger partial charge in [0.15, 0.2) is 0 Å². The maximum absolute atomic E-state index is 12.1. The number of para-hydroxylation sites is 1. The normalized spacial score (nSPS) is 16.0. The minimum atomic E-state index is -0.163. The Morgan fingerprint density at radius 2 is 1.88 bits per heavy atom. The van der Waals surface area contributed by atoms with Gasteiger partial charge >= 0.3 is 0 Å². The summed E-state index contributed by atoms with van der Waals surface area (Å²) in [4.78, 5) is 14.5. The van der Waals surface area contributed by atoms with Gasteiger partial charge < -0.3 is 11.1 Å². The SMILES string of the molecule is CC(CN)C(=O)Nc1ccccc1CN(C)C1CCCCC1.Cl.Cl. The Kier molecular flexibility index (Phi) is 11.3. The van der Waals surface area contributed by atoms with Gasteiger partial charge in [-0.2, -0.15) is 0 Å². The fourth-order valence-electron chi connectivity index (χ4n) is 3.06. The molecule has 0 radical (unpaired) electrons. The zero-order valence-electron chi connectivity index (χ0n) is 14.7. The summed E-state index contributed by atoms with van der Waals surface area (Å²) in [5.41, 5.74) is 7.66. The average molecular weight is 376 g/mol. The fourth-order valence-corrected chi connectivity index (χ4v) is 3.06. The number of benzene rings is 1. The molecule has 1 aromatic carbocycles. The summed E-state index contributed by atoms with van der Waals surface area (Å²) in [6, 6.07) is 8.74. The van der Waals surface area contributed by atoms with E-state index in [0.29, 0.717) is 12.6 Å². The maximum atomic E-state index is 12.1. The predicted molar refractivity (Wildman–Crippen MR) is 106 cm³/mol. The molecule has 0 bridgehead atoms. The third-order valence-corrected chi connectivity index (χ3v) is 4.69. The molecule has 0 saturated heterocycles. The molecule has 1 aliphatic rings. The number of rotatable bonds is 6. The van der Waals surface area contributed by atoms with Crippen LogP contribution >= 0.6 is 24.8 Å². The van der Waals surface area contributed by atoms with Crippen molar-refractivity contribution in [1.29, 1.82) is 0 Å². The highest BCUT2D eigenvalue weighted by atomic mass is 35.5. The van der Waals surface area contributed by atoms with Gasteiger partial charge in [-0.3, -0.25) is 9.69 Å². The van der Waals surface area contributed by atoms with Crippen LogP contribution in [0.15, 0.2) is 24.3 Å². The first kappa shape index (κ1) is 23.2. The zero-order chi connectivity index (χ0) is 15.9. The van der Waals surface area contributed by atoms with Crippen molar-refractivity contribution in [2.24, 2.45) is 11.7 Å². The number of hydrogen-bond acceptors (Lipinski definition) is 3. The molecule has 138 valence electrons. The molecule has 1 amide bonds. The van der Waals surface area contributed by atoms with Gasteiger partial charge in [-0.15, -0.1) is 24.8 Å². The van der Waals surface area contributed by atoms with Crippen molar-refractivity contribution in [2.45, 2.75) is 51.6 Å². The molecular weight excluding hydrogens is 345 g/mol. The number of halogens is 2. The molecule has 0 aliphatic heterocycles. The molecule has 1 saturated carbocycles. The molecular formula is C18H31Cl2N3O. The fraction of sp³-hybridized carbons (Fsp3) is 0.611. The van der Waals surface area contributed by atoms with Gasteiger partial charge in [0.2, 0.25) is 5.91 Å². The second-order valence-corrected chi connectivity index (χ2v) is 6.49. The van der Waals surface area contributed by atoms with Crippen molar-refractivity contribution >= 4 is 36.4 Å². The molecule has 1 fully saturated rings. The van der Waals surface area contributed by atoms with E-state index in [9.17, 15) is 4.79 Å². The molecule has 4 nitrogen and oxygen atoms in total. The van der Waals surface area contributed by atoms with E-state index in [1.165, 1.54) is 37.7 Å². The van der Waals surface area contributed by atoms with Crippen molar-refractivity contribution in [1.82, 2.24) is 4.90 Å². The number of hydrogen-bond donors (Lipinski definition) is 2. The maximum Gasteiger partial charge on any atom is 0.228 e. The van der Waals surface area contributed by atoms with Crippen LogP contribution in [-0.2, 0) is 11.3 Å². The third kappa shape index (κ3) is 6.60. The average Bonchev–Trinajstić information content (AvgIpc) is 2.56. The van der Waals surface area contributed by atoms with Gasteiger partial charge in [0, 0.05) is 30.7 Å². The number of carbonyl (C=O) groups is 1. The molecule has 1 unspecified atom stereocenters. The quantitative estimate of drug-likeness (QED) is 0.793. The van der Waals surface area contributed by atoms with Gasteiger partial charge in [0.25, 0.3) is 0 Å². The minimum Gasteiger partial charge on any atom is -0.330 e. The summed E-state index contributed by atoms with van der Waals surface area (Å²) in [6.07, 6.45) is 6.61. The van der Waals surface area contributed by atoms with Crippen LogP contribution in [0.3, 0.4) is 0 Å². The van der Waals surface area contributed by atoms with E-state index >= 15 is 0 Å². The Morgan fingerprint density at radius 1 is 1.25 bits per heavy atom. The van der Waals surface area contributed by atoms with Crippen LogP contribution in [-0.4, -0.2) is 30.4 Å². The molecule has 3 N–H and O–H groups in total. The highest BCUT2D eigenvalue weighted by Crippen LogP contribution is 2.25. The first-order chi connectivity index (χ1) is 10.6. The van der Waals surface area contributed by atoms with Crippen LogP contribution in [0.1, 0.15) is 44.6 Å². The predicted octanol–water partition coefficient (Wildman–Crippen LogP) is 3.83.